The Kier molecular flexibility index (Phi) is 7.14. The number of hydrogen-bond donors (Lipinski definition) is 6. The summed E-state index contributed by atoms with van der Waals surface area (Å²) < 4.78 is 0. The Bertz CT molecular complexity index is 245. The molecule has 6 N–H and O–H groups in total. The minimum Gasteiger partial charge on any atom is -0.390 e. The van der Waals surface area contributed by atoms with Crippen molar-refractivity contribution in [2.24, 2.45) is 5.92 Å². The molecule has 0 aliphatic carbocycles. The molecule has 0 saturated heterocycles. The molecule has 0 aromatic heterocycles. The zero-order valence-corrected chi connectivity index (χ0v) is 9.70. The van der Waals surface area contributed by atoms with Crippen LogP contribution in [0, 0.1) is 5.92 Å². The van der Waals surface area contributed by atoms with Gasteiger partial charge in [-0.3, -0.25) is 0 Å². The summed E-state index contributed by atoms with van der Waals surface area (Å²) in [6.45, 7) is 1.24. The quantitative estimate of drug-likeness (QED) is 0.244. The highest BCUT2D eigenvalue weighted by molar-refractivity contribution is 5.57. The highest BCUT2D eigenvalue weighted by atomic mass is 16.4. The van der Waals surface area contributed by atoms with Gasteiger partial charge >= 0.3 is 0 Å². The van der Waals surface area contributed by atoms with Crippen LogP contribution >= 0.6 is 0 Å². The van der Waals surface area contributed by atoms with Crippen LogP contribution in [-0.4, -0.2) is 79.8 Å². The molecule has 0 aliphatic heterocycles. The molecular formula is C10H18O8. The molecule has 7 unspecified atom stereocenters. The zero-order chi connectivity index (χ0) is 14.5. The van der Waals surface area contributed by atoms with E-state index in [9.17, 15) is 30.0 Å². The predicted octanol–water partition coefficient (Wildman–Crippen LogP) is -3.81. The van der Waals surface area contributed by atoms with E-state index in [-0.39, 0.29) is 12.6 Å². The first kappa shape index (κ1) is 17.1. The van der Waals surface area contributed by atoms with Crippen LogP contribution in [0.15, 0.2) is 0 Å². The zero-order valence-electron chi connectivity index (χ0n) is 9.70. The van der Waals surface area contributed by atoms with Gasteiger partial charge < -0.3 is 40.2 Å². The van der Waals surface area contributed by atoms with E-state index in [0.717, 1.165) is 0 Å². The van der Waals surface area contributed by atoms with Gasteiger partial charge in [-0.05, 0) is 0 Å². The number of carbonyl (C=O) groups excluding carboxylic acids is 2. The Morgan fingerprint density at radius 3 is 1.44 bits per heavy atom. The fourth-order valence-electron chi connectivity index (χ4n) is 1.32. The third-order valence-corrected chi connectivity index (χ3v) is 2.76. The molecule has 8 heteroatoms. The normalized spacial score (nSPS) is 23.3. The number of carbonyl (C=O) groups is 2. The van der Waals surface area contributed by atoms with Crippen LogP contribution in [0.3, 0.4) is 0 Å². The maximum Gasteiger partial charge on any atom is 0.151 e. The van der Waals surface area contributed by atoms with E-state index in [1.54, 1.807) is 0 Å². The summed E-state index contributed by atoms with van der Waals surface area (Å²) in [7, 11) is 0. The number of aliphatic hydroxyl groups excluding tert-OH is 6. The summed E-state index contributed by atoms with van der Waals surface area (Å²) >= 11 is 0. The van der Waals surface area contributed by atoms with Gasteiger partial charge in [-0.2, -0.15) is 0 Å². The monoisotopic (exact) mass is 266 g/mol. The summed E-state index contributed by atoms with van der Waals surface area (Å²) in [5.74, 6) is -1.10. The summed E-state index contributed by atoms with van der Waals surface area (Å²) in [4.78, 5) is 20.5. The summed E-state index contributed by atoms with van der Waals surface area (Å²) in [6.07, 6.45) is -11.1. The van der Waals surface area contributed by atoms with Crippen LogP contribution in [-0.2, 0) is 9.59 Å². The molecule has 0 rings (SSSR count). The summed E-state index contributed by atoms with van der Waals surface area (Å²) in [5.41, 5.74) is 0. The topological polar surface area (TPSA) is 156 Å². The lowest BCUT2D eigenvalue weighted by atomic mass is 9.89. The van der Waals surface area contributed by atoms with Crippen molar-refractivity contribution in [2.45, 2.75) is 43.5 Å². The first-order valence-corrected chi connectivity index (χ1v) is 5.26. The molecule has 0 aromatic carbocycles. The van der Waals surface area contributed by atoms with Gasteiger partial charge in [0.1, 0.15) is 36.8 Å². The van der Waals surface area contributed by atoms with Crippen molar-refractivity contribution in [3.63, 3.8) is 0 Å². The smallest absolute Gasteiger partial charge is 0.151 e. The minimum absolute atomic E-state index is 0.0450. The number of hydrogen-bond acceptors (Lipinski definition) is 8. The molecule has 0 aliphatic rings. The molecule has 8 nitrogen and oxygen atoms in total. The van der Waals surface area contributed by atoms with Gasteiger partial charge in [-0.25, -0.2) is 0 Å². The lowest BCUT2D eigenvalue weighted by Gasteiger charge is -2.31. The van der Waals surface area contributed by atoms with Crippen molar-refractivity contribution in [3.8, 4) is 0 Å². The van der Waals surface area contributed by atoms with Crippen molar-refractivity contribution < 1.29 is 40.2 Å². The Morgan fingerprint density at radius 1 is 0.667 bits per heavy atom. The SMILES string of the molecule is CC(C(O)C=O)C(O)C(O)C(O)C(O)C(O)C=O. The van der Waals surface area contributed by atoms with Gasteiger partial charge in [0.25, 0.3) is 0 Å². The van der Waals surface area contributed by atoms with Gasteiger partial charge in [-0.15, -0.1) is 0 Å². The highest BCUT2D eigenvalue weighted by Gasteiger charge is 2.37. The average molecular weight is 266 g/mol. The third kappa shape index (κ3) is 4.09. The molecule has 0 saturated carbocycles. The minimum atomic E-state index is -2.01. The van der Waals surface area contributed by atoms with Crippen molar-refractivity contribution in [2.75, 3.05) is 0 Å². The fourth-order valence-corrected chi connectivity index (χ4v) is 1.32. The maximum absolute atomic E-state index is 10.3. The fraction of sp³-hybridized carbons (Fsp3) is 0.800. The Balaban J connectivity index is 4.67. The lowest BCUT2D eigenvalue weighted by molar-refractivity contribution is -0.155. The molecule has 0 amide bonds. The number of aliphatic hydroxyl groups is 6. The summed E-state index contributed by atoms with van der Waals surface area (Å²) in [5, 5.41) is 55.8. The van der Waals surface area contributed by atoms with Gasteiger partial charge in [0, 0.05) is 5.92 Å². The van der Waals surface area contributed by atoms with Crippen LogP contribution < -0.4 is 0 Å². The van der Waals surface area contributed by atoms with Gasteiger partial charge in [0.2, 0.25) is 0 Å². The molecule has 106 valence electrons. The van der Waals surface area contributed by atoms with Crippen LogP contribution in [0.5, 0.6) is 0 Å². The lowest BCUT2D eigenvalue weighted by Crippen LogP contribution is -2.52. The molecule has 18 heavy (non-hydrogen) atoms. The Labute approximate surface area is 103 Å². The maximum atomic E-state index is 10.3. The van der Waals surface area contributed by atoms with E-state index in [1.165, 1.54) is 6.92 Å². The van der Waals surface area contributed by atoms with Crippen LogP contribution in [0.25, 0.3) is 0 Å². The molecule has 0 fully saturated rings. The summed E-state index contributed by atoms with van der Waals surface area (Å²) in [6, 6.07) is 0. The Morgan fingerprint density at radius 2 is 1.06 bits per heavy atom. The van der Waals surface area contributed by atoms with Crippen LogP contribution in [0.4, 0.5) is 0 Å². The average Bonchev–Trinajstić information content (AvgIpc) is 2.40. The van der Waals surface area contributed by atoms with E-state index < -0.39 is 42.5 Å². The van der Waals surface area contributed by atoms with Gasteiger partial charge in [0.05, 0.1) is 6.10 Å². The van der Waals surface area contributed by atoms with Gasteiger partial charge in [0.15, 0.2) is 6.29 Å². The molecule has 7 atom stereocenters. The molecule has 0 bridgehead atoms. The molecule has 0 heterocycles. The molecular weight excluding hydrogens is 248 g/mol. The number of aldehydes is 2. The van der Waals surface area contributed by atoms with Crippen molar-refractivity contribution in [1.82, 2.24) is 0 Å². The molecule has 0 spiro atoms. The third-order valence-electron chi connectivity index (χ3n) is 2.76. The van der Waals surface area contributed by atoms with Crippen molar-refractivity contribution in [1.29, 1.82) is 0 Å². The number of rotatable bonds is 8. The second-order valence-electron chi connectivity index (χ2n) is 4.07. The standard InChI is InChI=1S/C10H18O8/c1-4(5(13)2-11)7(15)9(17)10(18)8(16)6(14)3-12/h2-10,13-18H,1H3. The van der Waals surface area contributed by atoms with E-state index >= 15 is 0 Å². The predicted molar refractivity (Wildman–Crippen MR) is 57.3 cm³/mol. The van der Waals surface area contributed by atoms with E-state index in [2.05, 4.69) is 0 Å². The molecule has 0 radical (unpaired) electrons. The van der Waals surface area contributed by atoms with E-state index in [4.69, 9.17) is 10.2 Å². The first-order valence-electron chi connectivity index (χ1n) is 5.26. The van der Waals surface area contributed by atoms with E-state index in [1.807, 2.05) is 0 Å². The van der Waals surface area contributed by atoms with Crippen LogP contribution in [0.1, 0.15) is 6.92 Å². The van der Waals surface area contributed by atoms with Crippen molar-refractivity contribution in [3.05, 3.63) is 0 Å². The highest BCUT2D eigenvalue weighted by Crippen LogP contribution is 2.16. The van der Waals surface area contributed by atoms with E-state index in [0.29, 0.717) is 0 Å². The molecule has 0 aromatic rings. The van der Waals surface area contributed by atoms with Gasteiger partial charge in [-0.1, -0.05) is 6.92 Å². The second-order valence-corrected chi connectivity index (χ2v) is 4.07. The van der Waals surface area contributed by atoms with Crippen LogP contribution in [0.2, 0.25) is 0 Å². The Hall–Kier alpha value is -0.900. The van der Waals surface area contributed by atoms with Crippen molar-refractivity contribution >= 4 is 12.6 Å². The second kappa shape index (κ2) is 7.52. The largest absolute Gasteiger partial charge is 0.390 e. The first-order chi connectivity index (χ1) is 8.27.